The molecule has 2 atom stereocenters. The summed E-state index contributed by atoms with van der Waals surface area (Å²) >= 11 is 0. The van der Waals surface area contributed by atoms with E-state index in [1.54, 1.807) is 15.8 Å². The van der Waals surface area contributed by atoms with Gasteiger partial charge >= 0.3 is 0 Å². The number of amides is 2. The van der Waals surface area contributed by atoms with Crippen LogP contribution in [0.4, 0.5) is 11.5 Å². The SMILES string of the molecule is Cn1cc([C@@H]2N(C(=O)c3cc(N)n[nH]3)CC[C@]23C(=O)Nc2ccccc23)cn1. The van der Waals surface area contributed by atoms with Crippen molar-refractivity contribution in [3.8, 4) is 0 Å². The Hall–Kier alpha value is -3.62. The van der Waals surface area contributed by atoms with E-state index in [1.165, 1.54) is 6.07 Å². The zero-order chi connectivity index (χ0) is 19.5. The van der Waals surface area contributed by atoms with Crippen molar-refractivity contribution in [1.29, 1.82) is 0 Å². The molecule has 1 spiro atoms. The Balaban J connectivity index is 1.67. The molecule has 9 nitrogen and oxygen atoms in total. The zero-order valence-corrected chi connectivity index (χ0v) is 15.2. The molecule has 1 aromatic carbocycles. The molecule has 142 valence electrons. The largest absolute Gasteiger partial charge is 0.382 e. The molecule has 2 amide bonds. The molecule has 4 N–H and O–H groups in total. The Morgan fingerprint density at radius 2 is 2.18 bits per heavy atom. The summed E-state index contributed by atoms with van der Waals surface area (Å²) in [6.07, 6.45) is 4.09. The fourth-order valence-corrected chi connectivity index (χ4v) is 4.55. The average Bonchev–Trinajstić information content (AvgIpc) is 3.43. The first-order chi connectivity index (χ1) is 13.5. The van der Waals surface area contributed by atoms with Crippen LogP contribution in [0.25, 0.3) is 0 Å². The number of hydrogen-bond donors (Lipinski definition) is 3. The van der Waals surface area contributed by atoms with Crippen LogP contribution in [-0.4, -0.2) is 43.2 Å². The molecule has 28 heavy (non-hydrogen) atoms. The smallest absolute Gasteiger partial charge is 0.272 e. The van der Waals surface area contributed by atoms with Gasteiger partial charge in [0.1, 0.15) is 16.9 Å². The number of carbonyl (C=O) groups is 2. The van der Waals surface area contributed by atoms with Gasteiger partial charge in [0.25, 0.3) is 5.91 Å². The molecule has 0 unspecified atom stereocenters. The van der Waals surface area contributed by atoms with Gasteiger partial charge in [-0.25, -0.2) is 0 Å². The third-order valence-electron chi connectivity index (χ3n) is 5.72. The number of hydrogen-bond acceptors (Lipinski definition) is 5. The van der Waals surface area contributed by atoms with Crippen LogP contribution in [0.1, 0.15) is 34.1 Å². The van der Waals surface area contributed by atoms with Gasteiger partial charge in [-0.3, -0.25) is 19.4 Å². The van der Waals surface area contributed by atoms with Gasteiger partial charge in [0.05, 0.1) is 12.2 Å². The second kappa shape index (κ2) is 5.69. The summed E-state index contributed by atoms with van der Waals surface area (Å²) in [5.74, 6) is -0.0896. The third-order valence-corrected chi connectivity index (χ3v) is 5.72. The molecule has 2 aliphatic rings. The molecule has 3 aromatic rings. The van der Waals surface area contributed by atoms with E-state index < -0.39 is 11.5 Å². The molecule has 0 radical (unpaired) electrons. The number of para-hydroxylation sites is 1. The number of rotatable bonds is 2. The molecule has 2 aromatic heterocycles. The molecule has 0 aliphatic carbocycles. The lowest BCUT2D eigenvalue weighted by atomic mass is 9.73. The van der Waals surface area contributed by atoms with Gasteiger partial charge in [-0.1, -0.05) is 18.2 Å². The molecule has 9 heteroatoms. The number of nitrogen functional groups attached to an aromatic ring is 1. The van der Waals surface area contributed by atoms with E-state index in [1.807, 2.05) is 37.5 Å². The Labute approximate surface area is 160 Å². The fraction of sp³-hybridized carbons (Fsp3) is 0.263. The lowest BCUT2D eigenvalue weighted by Gasteiger charge is -2.33. The molecular formula is C19H19N7O2. The van der Waals surface area contributed by atoms with Crippen molar-refractivity contribution in [1.82, 2.24) is 24.9 Å². The molecule has 2 aliphatic heterocycles. The number of aromatic nitrogens is 4. The maximum Gasteiger partial charge on any atom is 0.272 e. The maximum atomic E-state index is 13.2. The lowest BCUT2D eigenvalue weighted by molar-refractivity contribution is -0.121. The number of likely N-dealkylation sites (tertiary alicyclic amines) is 1. The first-order valence-corrected chi connectivity index (χ1v) is 9.02. The summed E-state index contributed by atoms with van der Waals surface area (Å²) in [4.78, 5) is 28.2. The topological polar surface area (TPSA) is 122 Å². The highest BCUT2D eigenvalue weighted by Crippen LogP contribution is 2.54. The minimum absolute atomic E-state index is 0.0954. The van der Waals surface area contributed by atoms with Crippen LogP contribution in [0.3, 0.4) is 0 Å². The summed E-state index contributed by atoms with van der Waals surface area (Å²) in [5.41, 5.74) is 7.63. The van der Waals surface area contributed by atoms with Gasteiger partial charge in [-0.15, -0.1) is 0 Å². The number of nitrogens with one attached hydrogen (secondary N) is 2. The van der Waals surface area contributed by atoms with Gasteiger partial charge in [0.15, 0.2) is 0 Å². The van der Waals surface area contributed by atoms with Crippen molar-refractivity contribution >= 4 is 23.3 Å². The maximum absolute atomic E-state index is 13.2. The van der Waals surface area contributed by atoms with Gasteiger partial charge < -0.3 is 16.0 Å². The van der Waals surface area contributed by atoms with Crippen molar-refractivity contribution < 1.29 is 9.59 Å². The highest BCUT2D eigenvalue weighted by atomic mass is 16.2. The van der Waals surface area contributed by atoms with E-state index >= 15 is 0 Å². The van der Waals surface area contributed by atoms with E-state index in [2.05, 4.69) is 20.6 Å². The van der Waals surface area contributed by atoms with Crippen LogP contribution in [0.15, 0.2) is 42.7 Å². The number of nitrogens with two attached hydrogens (primary N) is 1. The molecular weight excluding hydrogens is 358 g/mol. The molecule has 0 saturated carbocycles. The molecule has 5 rings (SSSR count). The van der Waals surface area contributed by atoms with Crippen molar-refractivity contribution in [3.63, 3.8) is 0 Å². The van der Waals surface area contributed by atoms with Gasteiger partial charge in [-0.05, 0) is 18.1 Å². The molecule has 1 fully saturated rings. The van der Waals surface area contributed by atoms with E-state index in [0.717, 1.165) is 16.8 Å². The Bertz CT molecular complexity index is 1100. The Morgan fingerprint density at radius 3 is 2.89 bits per heavy atom. The van der Waals surface area contributed by atoms with Crippen molar-refractivity contribution in [3.05, 3.63) is 59.5 Å². The van der Waals surface area contributed by atoms with E-state index in [0.29, 0.717) is 18.7 Å². The number of carbonyl (C=O) groups excluding carboxylic acids is 2. The van der Waals surface area contributed by atoms with E-state index in [4.69, 9.17) is 5.73 Å². The number of nitrogens with zero attached hydrogens (tertiary/aromatic N) is 4. The van der Waals surface area contributed by atoms with Crippen LogP contribution >= 0.6 is 0 Å². The molecule has 1 saturated heterocycles. The number of aryl methyl sites for hydroxylation is 1. The van der Waals surface area contributed by atoms with Crippen LogP contribution < -0.4 is 11.1 Å². The summed E-state index contributed by atoms with van der Waals surface area (Å²) in [5, 5.41) is 13.8. The highest BCUT2D eigenvalue weighted by Gasteiger charge is 2.59. The standard InChI is InChI=1S/C19H19N7O2/c1-25-10-11(9-21-25)16-19(12-4-2-3-5-13(12)22-18(19)28)6-7-26(16)17(27)14-8-15(20)24-23-14/h2-5,8-10,16H,6-7H2,1H3,(H,22,28)(H3,20,23,24)/t16-,19+/m0/s1. The minimum Gasteiger partial charge on any atom is -0.382 e. The summed E-state index contributed by atoms with van der Waals surface area (Å²) in [6.45, 7) is 0.430. The second-order valence-electron chi connectivity index (χ2n) is 7.28. The monoisotopic (exact) mass is 377 g/mol. The van der Waals surface area contributed by atoms with Crippen molar-refractivity contribution in [2.75, 3.05) is 17.6 Å². The summed E-state index contributed by atoms with van der Waals surface area (Å²) < 4.78 is 1.68. The van der Waals surface area contributed by atoms with Gasteiger partial charge in [-0.2, -0.15) is 10.2 Å². The normalized spacial score (nSPS) is 23.2. The third kappa shape index (κ3) is 2.13. The number of H-pyrrole nitrogens is 1. The first-order valence-electron chi connectivity index (χ1n) is 9.02. The summed E-state index contributed by atoms with van der Waals surface area (Å²) in [7, 11) is 1.82. The van der Waals surface area contributed by atoms with Crippen LogP contribution in [0.2, 0.25) is 0 Å². The quantitative estimate of drug-likeness (QED) is 0.619. The second-order valence-corrected chi connectivity index (χ2v) is 7.28. The highest BCUT2D eigenvalue weighted by molar-refractivity contribution is 6.08. The van der Waals surface area contributed by atoms with Gasteiger partial charge in [0.2, 0.25) is 5.91 Å². The van der Waals surface area contributed by atoms with Crippen LogP contribution in [0.5, 0.6) is 0 Å². The summed E-state index contributed by atoms with van der Waals surface area (Å²) in [6, 6.07) is 8.68. The predicted molar refractivity (Wildman–Crippen MR) is 101 cm³/mol. The van der Waals surface area contributed by atoms with Crippen molar-refractivity contribution in [2.24, 2.45) is 7.05 Å². The zero-order valence-electron chi connectivity index (χ0n) is 15.2. The number of aromatic amines is 1. The number of anilines is 2. The average molecular weight is 377 g/mol. The molecule has 0 bridgehead atoms. The Morgan fingerprint density at radius 1 is 1.36 bits per heavy atom. The fourth-order valence-electron chi connectivity index (χ4n) is 4.55. The van der Waals surface area contributed by atoms with Crippen molar-refractivity contribution in [2.45, 2.75) is 17.9 Å². The van der Waals surface area contributed by atoms with E-state index in [9.17, 15) is 9.59 Å². The Kier molecular flexibility index (Phi) is 3.36. The van der Waals surface area contributed by atoms with Gasteiger partial charge in [0, 0.05) is 37.1 Å². The van der Waals surface area contributed by atoms with Crippen LogP contribution in [0, 0.1) is 0 Å². The molecule has 4 heterocycles. The number of benzene rings is 1. The van der Waals surface area contributed by atoms with Crippen LogP contribution in [-0.2, 0) is 17.3 Å². The minimum atomic E-state index is -0.860. The predicted octanol–water partition coefficient (Wildman–Crippen LogP) is 1.20. The number of fused-ring (bicyclic) bond motifs is 2. The van der Waals surface area contributed by atoms with E-state index in [-0.39, 0.29) is 17.6 Å². The first kappa shape index (κ1) is 16.5. The lowest BCUT2D eigenvalue weighted by Crippen LogP contribution is -2.42.